The maximum atomic E-state index is 12.1. The Hall–Kier alpha value is -0.670. The third-order valence-electron chi connectivity index (χ3n) is 10.5. The fraction of sp³-hybridized carbons (Fsp3) is 0.885. The van der Waals surface area contributed by atoms with Gasteiger partial charge in [0, 0.05) is 12.0 Å². The van der Waals surface area contributed by atoms with Gasteiger partial charge in [0.05, 0.1) is 6.04 Å². The summed E-state index contributed by atoms with van der Waals surface area (Å²) in [6.45, 7) is 4.85. The van der Waals surface area contributed by atoms with E-state index in [1.807, 2.05) is 0 Å². The minimum Gasteiger partial charge on any atom is -0.396 e. The van der Waals surface area contributed by atoms with Gasteiger partial charge in [0.2, 0.25) is 0 Å². The average Bonchev–Trinajstić information content (AvgIpc) is 3.08. The molecule has 5 fully saturated rings. The molecule has 0 aromatic heterocycles. The molecule has 0 heterocycles. The van der Waals surface area contributed by atoms with E-state index in [9.17, 15) is 9.90 Å². The van der Waals surface area contributed by atoms with Gasteiger partial charge in [-0.15, -0.1) is 0 Å². The molecule has 5 aliphatic carbocycles. The van der Waals surface area contributed by atoms with Crippen molar-refractivity contribution >= 4 is 6.29 Å². The first kappa shape index (κ1) is 20.2. The Balaban J connectivity index is 1.44. The summed E-state index contributed by atoms with van der Waals surface area (Å²) in [7, 11) is 0. The number of hydrogen-bond donors (Lipinski definition) is 2. The molecule has 3 heteroatoms. The quantitative estimate of drug-likeness (QED) is 0.519. The van der Waals surface area contributed by atoms with E-state index >= 15 is 0 Å². The van der Waals surface area contributed by atoms with Crippen molar-refractivity contribution in [3.63, 3.8) is 0 Å². The van der Waals surface area contributed by atoms with E-state index in [-0.39, 0.29) is 11.5 Å². The molecule has 0 aromatic rings. The van der Waals surface area contributed by atoms with Gasteiger partial charge in [-0.1, -0.05) is 44.3 Å². The predicted octanol–water partition coefficient (Wildman–Crippen LogP) is 4.73. The smallest absolute Gasteiger partial charge is 0.137 e. The molecule has 0 saturated heterocycles. The number of rotatable bonds is 5. The Morgan fingerprint density at radius 2 is 1.86 bits per heavy atom. The fourth-order valence-electron chi connectivity index (χ4n) is 9.30. The number of allylic oxidation sites excluding steroid dienone is 1. The summed E-state index contributed by atoms with van der Waals surface area (Å²) in [6, 6.07) is -0.322. The largest absolute Gasteiger partial charge is 0.396 e. The minimum absolute atomic E-state index is 0.0176. The number of aliphatic hydroxyl groups excluding tert-OH is 1. The Kier molecular flexibility index (Phi) is 5.44. The van der Waals surface area contributed by atoms with E-state index in [1.54, 1.807) is 0 Å². The van der Waals surface area contributed by atoms with Crippen molar-refractivity contribution in [2.45, 2.75) is 83.1 Å². The lowest BCUT2D eigenvalue weighted by molar-refractivity contribution is -0.111. The van der Waals surface area contributed by atoms with Crippen LogP contribution in [0.5, 0.6) is 0 Å². The van der Waals surface area contributed by atoms with Crippen LogP contribution in [0.3, 0.4) is 0 Å². The van der Waals surface area contributed by atoms with Crippen LogP contribution in [0.25, 0.3) is 0 Å². The summed E-state index contributed by atoms with van der Waals surface area (Å²) >= 11 is 0. The van der Waals surface area contributed by atoms with Crippen LogP contribution in [0.4, 0.5) is 0 Å². The molecule has 0 bridgehead atoms. The topological polar surface area (TPSA) is 63.3 Å². The Morgan fingerprint density at radius 1 is 1.07 bits per heavy atom. The number of aldehydes is 1. The van der Waals surface area contributed by atoms with Gasteiger partial charge in [-0.3, -0.25) is 0 Å². The van der Waals surface area contributed by atoms with Crippen molar-refractivity contribution in [1.29, 1.82) is 0 Å². The molecule has 0 aromatic carbocycles. The van der Waals surface area contributed by atoms with Crippen LogP contribution in [-0.2, 0) is 4.79 Å². The van der Waals surface area contributed by atoms with Crippen LogP contribution in [0.1, 0.15) is 77.0 Å². The molecule has 5 rings (SSSR count). The monoisotopic (exact) mass is 399 g/mol. The maximum Gasteiger partial charge on any atom is 0.137 e. The summed E-state index contributed by atoms with van der Waals surface area (Å²) in [5.41, 5.74) is 8.19. The Labute approximate surface area is 176 Å². The van der Waals surface area contributed by atoms with Gasteiger partial charge in [-0.05, 0) is 92.3 Å². The van der Waals surface area contributed by atoms with Gasteiger partial charge in [-0.2, -0.15) is 0 Å². The zero-order valence-corrected chi connectivity index (χ0v) is 18.1. The lowest BCUT2D eigenvalue weighted by Gasteiger charge is -2.39. The summed E-state index contributed by atoms with van der Waals surface area (Å²) in [6.07, 6.45) is 16.4. The van der Waals surface area contributed by atoms with Gasteiger partial charge < -0.3 is 15.6 Å². The van der Waals surface area contributed by atoms with Gasteiger partial charge in [-0.25, -0.2) is 0 Å². The number of fused-ring (bicyclic) bond motifs is 3. The van der Waals surface area contributed by atoms with Crippen LogP contribution in [-0.4, -0.2) is 24.0 Å². The van der Waals surface area contributed by atoms with Gasteiger partial charge >= 0.3 is 0 Å². The van der Waals surface area contributed by atoms with Crippen LogP contribution in [0.15, 0.2) is 12.2 Å². The molecular formula is C26H41NO2. The lowest BCUT2D eigenvalue weighted by Crippen LogP contribution is -2.44. The van der Waals surface area contributed by atoms with E-state index in [0.717, 1.165) is 37.4 Å². The molecule has 5 aliphatic rings. The average molecular weight is 400 g/mol. The molecule has 0 radical (unpaired) electrons. The van der Waals surface area contributed by atoms with Gasteiger partial charge in [0.1, 0.15) is 6.29 Å². The Morgan fingerprint density at radius 3 is 2.59 bits per heavy atom. The molecule has 0 spiro atoms. The fourth-order valence-corrected chi connectivity index (χ4v) is 9.30. The van der Waals surface area contributed by atoms with E-state index in [4.69, 9.17) is 5.73 Å². The zero-order valence-electron chi connectivity index (χ0n) is 18.1. The summed E-state index contributed by atoms with van der Waals surface area (Å²) in [5.74, 6) is 5.38. The third-order valence-corrected chi connectivity index (χ3v) is 10.5. The highest BCUT2D eigenvalue weighted by Crippen LogP contribution is 2.76. The molecule has 29 heavy (non-hydrogen) atoms. The maximum absolute atomic E-state index is 12.1. The SMILES string of the molecule is C=C1CC[C@@H]2[C@H]([C@@H]3C[C@@H](C4CCCC4)C[C@H]13)[C@@]2([C@H]1CCC[C@H](CO)C1)[C@@H](N)C=O. The molecule has 162 valence electrons. The highest BCUT2D eigenvalue weighted by atomic mass is 16.3. The molecule has 3 nitrogen and oxygen atoms in total. The summed E-state index contributed by atoms with van der Waals surface area (Å²) < 4.78 is 0. The van der Waals surface area contributed by atoms with E-state index in [0.29, 0.717) is 42.1 Å². The van der Waals surface area contributed by atoms with Crippen LogP contribution in [0.2, 0.25) is 0 Å². The Bertz CT molecular complexity index is 641. The molecule has 0 unspecified atom stereocenters. The van der Waals surface area contributed by atoms with Crippen molar-refractivity contribution in [2.24, 2.45) is 58.5 Å². The predicted molar refractivity (Wildman–Crippen MR) is 116 cm³/mol. The van der Waals surface area contributed by atoms with Gasteiger partial charge in [0.15, 0.2) is 0 Å². The molecule has 0 aliphatic heterocycles. The number of carbonyl (C=O) groups excluding carboxylic acids is 1. The first-order valence-electron chi connectivity index (χ1n) is 12.6. The molecule has 3 N–H and O–H groups in total. The molecule has 0 amide bonds. The number of nitrogens with two attached hydrogens (primary N) is 1. The number of aliphatic hydroxyl groups is 1. The van der Waals surface area contributed by atoms with Crippen LogP contribution in [0, 0.1) is 52.8 Å². The minimum atomic E-state index is -0.322. The van der Waals surface area contributed by atoms with Gasteiger partial charge in [0.25, 0.3) is 0 Å². The standard InChI is InChI=1S/C26H41NO2/c1-16-9-10-23-25(22-13-19(12-21(16)22)18-6-2-3-7-18)26(23,24(27)15-29)20-8-4-5-17(11-20)14-28/h15,17-25,28H,1-14,27H2/t17-,19-,20-,21+,22+,23+,24-,25-,26+/m0/s1. The second-order valence-corrected chi connectivity index (χ2v) is 11.4. The second kappa shape index (κ2) is 7.79. The molecule has 9 atom stereocenters. The second-order valence-electron chi connectivity index (χ2n) is 11.4. The van der Waals surface area contributed by atoms with Crippen LogP contribution >= 0.6 is 0 Å². The van der Waals surface area contributed by atoms with E-state index in [2.05, 4.69) is 6.58 Å². The molecule has 5 saturated carbocycles. The first-order valence-corrected chi connectivity index (χ1v) is 12.6. The lowest BCUT2D eigenvalue weighted by atomic mass is 9.66. The normalized spacial score (nSPS) is 48.6. The van der Waals surface area contributed by atoms with Crippen molar-refractivity contribution in [3.8, 4) is 0 Å². The van der Waals surface area contributed by atoms with Crippen molar-refractivity contribution in [1.82, 2.24) is 0 Å². The molecular weight excluding hydrogens is 358 g/mol. The van der Waals surface area contributed by atoms with Crippen LogP contribution < -0.4 is 5.73 Å². The van der Waals surface area contributed by atoms with Crippen molar-refractivity contribution < 1.29 is 9.90 Å². The number of carbonyl (C=O) groups is 1. The highest BCUT2D eigenvalue weighted by Gasteiger charge is 2.73. The first-order chi connectivity index (χ1) is 14.1. The third kappa shape index (κ3) is 3.09. The summed E-state index contributed by atoms with van der Waals surface area (Å²) in [5, 5.41) is 9.82. The highest BCUT2D eigenvalue weighted by molar-refractivity contribution is 5.61. The van der Waals surface area contributed by atoms with Crippen molar-refractivity contribution in [3.05, 3.63) is 12.2 Å². The number of hydrogen-bond acceptors (Lipinski definition) is 3. The van der Waals surface area contributed by atoms with Crippen molar-refractivity contribution in [2.75, 3.05) is 6.61 Å². The summed E-state index contributed by atoms with van der Waals surface area (Å²) in [4.78, 5) is 12.1. The van der Waals surface area contributed by atoms with E-state index < -0.39 is 0 Å². The van der Waals surface area contributed by atoms with E-state index in [1.165, 1.54) is 63.4 Å². The zero-order chi connectivity index (χ0) is 20.2.